The SMILES string of the molecule is Cc1ccc(NS(=O)(=O)c2cc(N)ccc2C)cc1F. The van der Waals surface area contributed by atoms with Crippen molar-refractivity contribution >= 4 is 21.4 Å². The maximum Gasteiger partial charge on any atom is 0.262 e. The molecule has 0 spiro atoms. The molecule has 0 atom stereocenters. The Labute approximate surface area is 117 Å². The summed E-state index contributed by atoms with van der Waals surface area (Å²) < 4.78 is 40.4. The van der Waals surface area contributed by atoms with Crippen molar-refractivity contribution in [1.29, 1.82) is 0 Å². The molecule has 0 heterocycles. The van der Waals surface area contributed by atoms with E-state index in [4.69, 9.17) is 5.73 Å². The second-order valence-electron chi connectivity index (χ2n) is 4.59. The molecule has 6 heteroatoms. The lowest BCUT2D eigenvalue weighted by Gasteiger charge is -2.11. The standard InChI is InChI=1S/C14H15FN2O2S/c1-9-4-6-12(8-13(9)15)17-20(18,19)14-7-11(16)5-3-10(14)2/h3-8,17H,16H2,1-2H3. The van der Waals surface area contributed by atoms with E-state index >= 15 is 0 Å². The average Bonchev–Trinajstić information content (AvgIpc) is 2.36. The molecule has 20 heavy (non-hydrogen) atoms. The van der Waals surface area contributed by atoms with E-state index in [1.54, 1.807) is 26.0 Å². The Morgan fingerprint density at radius 1 is 1.05 bits per heavy atom. The molecule has 0 aliphatic heterocycles. The van der Waals surface area contributed by atoms with Gasteiger partial charge in [0.05, 0.1) is 10.6 Å². The number of anilines is 2. The minimum atomic E-state index is -3.79. The van der Waals surface area contributed by atoms with Crippen molar-refractivity contribution in [2.45, 2.75) is 18.7 Å². The third-order valence-electron chi connectivity index (χ3n) is 2.93. The summed E-state index contributed by atoms with van der Waals surface area (Å²) in [5.74, 6) is -0.463. The smallest absolute Gasteiger partial charge is 0.262 e. The van der Waals surface area contributed by atoms with Crippen LogP contribution in [0.15, 0.2) is 41.3 Å². The zero-order chi connectivity index (χ0) is 14.9. The summed E-state index contributed by atoms with van der Waals surface area (Å²) in [4.78, 5) is 0.0819. The highest BCUT2D eigenvalue weighted by molar-refractivity contribution is 7.92. The molecular weight excluding hydrogens is 279 g/mol. The van der Waals surface area contributed by atoms with Crippen LogP contribution in [0.3, 0.4) is 0 Å². The van der Waals surface area contributed by atoms with Gasteiger partial charge in [0.25, 0.3) is 10.0 Å². The summed E-state index contributed by atoms with van der Waals surface area (Å²) in [5.41, 5.74) is 7.16. The monoisotopic (exact) mass is 294 g/mol. The summed E-state index contributed by atoms with van der Waals surface area (Å²) in [6.07, 6.45) is 0. The van der Waals surface area contributed by atoms with E-state index in [0.29, 0.717) is 16.8 Å². The van der Waals surface area contributed by atoms with Crippen LogP contribution in [-0.2, 0) is 10.0 Å². The Hall–Kier alpha value is -2.08. The molecule has 0 saturated heterocycles. The Morgan fingerprint density at radius 2 is 1.70 bits per heavy atom. The van der Waals surface area contributed by atoms with E-state index in [1.807, 2.05) is 0 Å². The van der Waals surface area contributed by atoms with Crippen molar-refractivity contribution in [1.82, 2.24) is 0 Å². The Kier molecular flexibility index (Phi) is 3.67. The molecule has 0 bridgehead atoms. The van der Waals surface area contributed by atoms with E-state index in [2.05, 4.69) is 4.72 Å². The van der Waals surface area contributed by atoms with E-state index in [-0.39, 0.29) is 10.6 Å². The van der Waals surface area contributed by atoms with Gasteiger partial charge in [0, 0.05) is 5.69 Å². The number of hydrogen-bond donors (Lipinski definition) is 2. The van der Waals surface area contributed by atoms with Crippen LogP contribution in [0.25, 0.3) is 0 Å². The lowest BCUT2D eigenvalue weighted by Crippen LogP contribution is -2.14. The molecule has 0 unspecified atom stereocenters. The number of rotatable bonds is 3. The predicted molar refractivity (Wildman–Crippen MR) is 77.5 cm³/mol. The second-order valence-corrected chi connectivity index (χ2v) is 6.25. The lowest BCUT2D eigenvalue weighted by molar-refractivity contribution is 0.600. The van der Waals surface area contributed by atoms with Crippen LogP contribution in [0.1, 0.15) is 11.1 Å². The van der Waals surface area contributed by atoms with Gasteiger partial charge in [0.15, 0.2) is 0 Å². The fraction of sp³-hybridized carbons (Fsp3) is 0.143. The van der Waals surface area contributed by atoms with Crippen LogP contribution in [0, 0.1) is 19.7 Å². The largest absolute Gasteiger partial charge is 0.399 e. The first kappa shape index (κ1) is 14.3. The number of nitrogens with one attached hydrogen (secondary N) is 1. The highest BCUT2D eigenvalue weighted by atomic mass is 32.2. The quantitative estimate of drug-likeness (QED) is 0.855. The molecule has 3 N–H and O–H groups in total. The predicted octanol–water partition coefficient (Wildman–Crippen LogP) is 2.83. The van der Waals surface area contributed by atoms with Crippen LogP contribution < -0.4 is 10.5 Å². The number of halogens is 1. The van der Waals surface area contributed by atoms with Crippen LogP contribution >= 0.6 is 0 Å². The fourth-order valence-electron chi connectivity index (χ4n) is 1.77. The normalized spacial score (nSPS) is 11.3. The fourth-order valence-corrected chi connectivity index (χ4v) is 3.10. The number of aryl methyl sites for hydroxylation is 2. The average molecular weight is 294 g/mol. The molecular formula is C14H15FN2O2S. The minimum Gasteiger partial charge on any atom is -0.399 e. The van der Waals surface area contributed by atoms with E-state index in [9.17, 15) is 12.8 Å². The third kappa shape index (κ3) is 2.91. The molecule has 0 amide bonds. The van der Waals surface area contributed by atoms with Gasteiger partial charge in [-0.2, -0.15) is 0 Å². The molecule has 0 aliphatic rings. The van der Waals surface area contributed by atoms with Crippen LogP contribution in [0.5, 0.6) is 0 Å². The first-order valence-corrected chi connectivity index (χ1v) is 7.43. The lowest BCUT2D eigenvalue weighted by atomic mass is 10.2. The zero-order valence-corrected chi connectivity index (χ0v) is 12.0. The third-order valence-corrected chi connectivity index (χ3v) is 4.45. The molecule has 2 aromatic carbocycles. The summed E-state index contributed by atoms with van der Waals surface area (Å²) >= 11 is 0. The van der Waals surface area contributed by atoms with Crippen LogP contribution in [-0.4, -0.2) is 8.42 Å². The molecule has 0 aromatic heterocycles. The second kappa shape index (κ2) is 5.13. The van der Waals surface area contributed by atoms with Crippen molar-refractivity contribution in [3.8, 4) is 0 Å². The molecule has 0 radical (unpaired) electrons. The summed E-state index contributed by atoms with van der Waals surface area (Å²) in [7, 11) is -3.79. The number of hydrogen-bond acceptors (Lipinski definition) is 3. The van der Waals surface area contributed by atoms with Gasteiger partial charge in [-0.3, -0.25) is 4.72 Å². The van der Waals surface area contributed by atoms with Crippen LogP contribution in [0.4, 0.5) is 15.8 Å². The Balaban J connectivity index is 2.40. The summed E-state index contributed by atoms with van der Waals surface area (Å²) in [6, 6.07) is 8.80. The van der Waals surface area contributed by atoms with Crippen molar-refractivity contribution in [2.24, 2.45) is 0 Å². The van der Waals surface area contributed by atoms with Crippen molar-refractivity contribution in [3.63, 3.8) is 0 Å². The molecule has 0 aliphatic carbocycles. The number of benzene rings is 2. The number of nitrogens with two attached hydrogens (primary N) is 1. The van der Waals surface area contributed by atoms with Gasteiger partial charge in [0.2, 0.25) is 0 Å². The van der Waals surface area contributed by atoms with Crippen molar-refractivity contribution in [2.75, 3.05) is 10.5 Å². The number of sulfonamides is 1. The van der Waals surface area contributed by atoms with Crippen molar-refractivity contribution in [3.05, 3.63) is 53.3 Å². The van der Waals surface area contributed by atoms with Gasteiger partial charge in [0.1, 0.15) is 5.82 Å². The molecule has 2 aromatic rings. The first-order valence-electron chi connectivity index (χ1n) is 5.95. The van der Waals surface area contributed by atoms with E-state index in [0.717, 1.165) is 6.07 Å². The van der Waals surface area contributed by atoms with Gasteiger partial charge in [-0.25, -0.2) is 12.8 Å². The number of nitrogen functional groups attached to an aromatic ring is 1. The van der Waals surface area contributed by atoms with Gasteiger partial charge >= 0.3 is 0 Å². The molecule has 0 saturated carbocycles. The Bertz CT molecular complexity index is 758. The summed E-state index contributed by atoms with van der Waals surface area (Å²) in [6.45, 7) is 3.28. The van der Waals surface area contributed by atoms with E-state index < -0.39 is 15.8 Å². The molecule has 0 fully saturated rings. The van der Waals surface area contributed by atoms with Gasteiger partial charge in [-0.05, 0) is 49.2 Å². The molecule has 4 nitrogen and oxygen atoms in total. The topological polar surface area (TPSA) is 72.2 Å². The van der Waals surface area contributed by atoms with Crippen molar-refractivity contribution < 1.29 is 12.8 Å². The highest BCUT2D eigenvalue weighted by Gasteiger charge is 2.17. The van der Waals surface area contributed by atoms with Gasteiger partial charge in [-0.15, -0.1) is 0 Å². The first-order chi connectivity index (χ1) is 9.29. The summed E-state index contributed by atoms with van der Waals surface area (Å²) in [5, 5.41) is 0. The maximum atomic E-state index is 13.4. The molecule has 2 rings (SSSR count). The zero-order valence-electron chi connectivity index (χ0n) is 11.1. The van der Waals surface area contributed by atoms with E-state index in [1.165, 1.54) is 18.2 Å². The molecule has 106 valence electrons. The highest BCUT2D eigenvalue weighted by Crippen LogP contribution is 2.22. The van der Waals surface area contributed by atoms with Gasteiger partial charge in [-0.1, -0.05) is 12.1 Å². The van der Waals surface area contributed by atoms with Gasteiger partial charge < -0.3 is 5.73 Å². The minimum absolute atomic E-state index is 0.0819. The Morgan fingerprint density at radius 3 is 2.35 bits per heavy atom. The van der Waals surface area contributed by atoms with Crippen LogP contribution in [0.2, 0.25) is 0 Å². The maximum absolute atomic E-state index is 13.4.